The Morgan fingerprint density at radius 2 is 1.94 bits per heavy atom. The lowest BCUT2D eigenvalue weighted by Crippen LogP contribution is -2.13. The normalized spacial score (nSPS) is 12.8. The fourth-order valence-corrected chi connectivity index (χ4v) is 2.34. The van der Waals surface area contributed by atoms with Crippen LogP contribution in [0, 0.1) is 13.8 Å². The van der Waals surface area contributed by atoms with E-state index in [1.165, 1.54) is 30.4 Å². The third-order valence-corrected chi connectivity index (χ3v) is 3.47. The highest BCUT2D eigenvalue weighted by Crippen LogP contribution is 2.28. The molecule has 1 unspecified atom stereocenters. The van der Waals surface area contributed by atoms with Gasteiger partial charge in [-0.1, -0.05) is 31.5 Å². The molecule has 0 aromatic heterocycles. The van der Waals surface area contributed by atoms with Gasteiger partial charge in [0.1, 0.15) is 0 Å². The number of aryl methyl sites for hydroxylation is 1. The lowest BCUT2D eigenvalue weighted by atomic mass is 9.87. The van der Waals surface area contributed by atoms with E-state index in [9.17, 15) is 0 Å². The molecule has 1 rings (SSSR count). The molecule has 0 aliphatic heterocycles. The fraction of sp³-hybridized carbons (Fsp3) is 0.600. The number of hydrogen-bond acceptors (Lipinski definition) is 1. The second-order valence-corrected chi connectivity index (χ2v) is 4.67. The van der Waals surface area contributed by atoms with Crippen LogP contribution in [0.15, 0.2) is 18.2 Å². The van der Waals surface area contributed by atoms with Crippen molar-refractivity contribution >= 4 is 0 Å². The van der Waals surface area contributed by atoms with Crippen molar-refractivity contribution < 1.29 is 0 Å². The molecule has 0 saturated carbocycles. The summed E-state index contributed by atoms with van der Waals surface area (Å²) >= 11 is 0. The van der Waals surface area contributed by atoms with Crippen LogP contribution in [0.3, 0.4) is 0 Å². The third kappa shape index (κ3) is 3.34. The Balaban J connectivity index is 2.86. The molecule has 16 heavy (non-hydrogen) atoms. The number of nitrogens with one attached hydrogen (secondary N) is 1. The van der Waals surface area contributed by atoms with Crippen LogP contribution in [-0.2, 0) is 0 Å². The molecule has 1 heteroatoms. The molecule has 90 valence electrons. The molecular formula is C15H25N. The highest BCUT2D eigenvalue weighted by molar-refractivity contribution is 5.35. The maximum Gasteiger partial charge on any atom is -0.00461 e. The van der Waals surface area contributed by atoms with Crippen LogP contribution in [0.1, 0.15) is 48.8 Å². The molecule has 0 bridgehead atoms. The topological polar surface area (TPSA) is 12.0 Å². The smallest absolute Gasteiger partial charge is 0.00461 e. The lowest BCUT2D eigenvalue weighted by molar-refractivity contribution is 0.549. The molecule has 0 aliphatic carbocycles. The molecule has 0 aliphatic rings. The summed E-state index contributed by atoms with van der Waals surface area (Å²) in [5.41, 5.74) is 4.46. The van der Waals surface area contributed by atoms with Gasteiger partial charge in [-0.2, -0.15) is 0 Å². The highest BCUT2D eigenvalue weighted by Gasteiger charge is 2.13. The average Bonchev–Trinajstić information content (AvgIpc) is 2.28. The molecule has 1 N–H and O–H groups in total. The first-order chi connectivity index (χ1) is 7.70. The third-order valence-electron chi connectivity index (χ3n) is 3.47. The van der Waals surface area contributed by atoms with Crippen LogP contribution in [0.4, 0.5) is 0 Å². The van der Waals surface area contributed by atoms with Crippen LogP contribution >= 0.6 is 0 Å². The van der Waals surface area contributed by atoms with Crippen LogP contribution in [-0.4, -0.2) is 13.6 Å². The molecule has 0 radical (unpaired) electrons. The first-order valence-electron chi connectivity index (χ1n) is 6.41. The predicted molar refractivity (Wildman–Crippen MR) is 72.1 cm³/mol. The van der Waals surface area contributed by atoms with E-state index in [1.54, 1.807) is 5.56 Å². The minimum Gasteiger partial charge on any atom is -0.320 e. The molecule has 1 aromatic carbocycles. The van der Waals surface area contributed by atoms with E-state index in [0.717, 1.165) is 12.5 Å². The molecule has 1 aromatic rings. The molecule has 0 heterocycles. The van der Waals surface area contributed by atoms with Crippen molar-refractivity contribution in [1.82, 2.24) is 5.32 Å². The maximum absolute atomic E-state index is 3.26. The Hall–Kier alpha value is -0.820. The molecule has 1 atom stereocenters. The standard InChI is InChI=1S/C15H25N/c1-5-7-14(10-11-16-4)15-9-6-8-12(2)13(15)3/h6,8-9,14,16H,5,7,10-11H2,1-4H3. The molecule has 0 spiro atoms. The van der Waals surface area contributed by atoms with Gasteiger partial charge < -0.3 is 5.32 Å². The highest BCUT2D eigenvalue weighted by atomic mass is 14.8. The van der Waals surface area contributed by atoms with E-state index < -0.39 is 0 Å². The average molecular weight is 219 g/mol. The number of rotatable bonds is 6. The Bertz CT molecular complexity index is 317. The van der Waals surface area contributed by atoms with Crippen molar-refractivity contribution in [3.63, 3.8) is 0 Å². The van der Waals surface area contributed by atoms with E-state index in [2.05, 4.69) is 44.3 Å². The number of benzene rings is 1. The molecular weight excluding hydrogens is 194 g/mol. The van der Waals surface area contributed by atoms with E-state index in [-0.39, 0.29) is 0 Å². The zero-order valence-corrected chi connectivity index (χ0v) is 11.1. The van der Waals surface area contributed by atoms with Gasteiger partial charge in [-0.15, -0.1) is 0 Å². The van der Waals surface area contributed by atoms with Crippen LogP contribution in [0.2, 0.25) is 0 Å². The van der Waals surface area contributed by atoms with E-state index in [1.807, 2.05) is 7.05 Å². The first-order valence-corrected chi connectivity index (χ1v) is 6.41. The molecule has 0 amide bonds. The Morgan fingerprint density at radius 1 is 1.19 bits per heavy atom. The zero-order valence-electron chi connectivity index (χ0n) is 11.1. The quantitative estimate of drug-likeness (QED) is 0.767. The molecule has 0 saturated heterocycles. The van der Waals surface area contributed by atoms with Gasteiger partial charge in [0, 0.05) is 0 Å². The minimum atomic E-state index is 0.720. The van der Waals surface area contributed by atoms with Gasteiger partial charge in [0.2, 0.25) is 0 Å². The van der Waals surface area contributed by atoms with Crippen LogP contribution < -0.4 is 5.32 Å². The van der Waals surface area contributed by atoms with E-state index in [4.69, 9.17) is 0 Å². The van der Waals surface area contributed by atoms with E-state index >= 15 is 0 Å². The van der Waals surface area contributed by atoms with E-state index in [0.29, 0.717) is 0 Å². The lowest BCUT2D eigenvalue weighted by Gasteiger charge is -2.20. The van der Waals surface area contributed by atoms with Crippen molar-refractivity contribution in [1.29, 1.82) is 0 Å². The summed E-state index contributed by atoms with van der Waals surface area (Å²) in [6, 6.07) is 6.71. The summed E-state index contributed by atoms with van der Waals surface area (Å²) in [6.07, 6.45) is 3.81. The van der Waals surface area contributed by atoms with Gasteiger partial charge in [0.25, 0.3) is 0 Å². The summed E-state index contributed by atoms with van der Waals surface area (Å²) in [4.78, 5) is 0. The summed E-state index contributed by atoms with van der Waals surface area (Å²) in [6.45, 7) is 7.85. The largest absolute Gasteiger partial charge is 0.320 e. The van der Waals surface area contributed by atoms with Gasteiger partial charge in [-0.25, -0.2) is 0 Å². The van der Waals surface area contributed by atoms with Crippen molar-refractivity contribution in [2.75, 3.05) is 13.6 Å². The van der Waals surface area contributed by atoms with Crippen molar-refractivity contribution in [2.45, 2.75) is 46.0 Å². The van der Waals surface area contributed by atoms with Gasteiger partial charge in [-0.3, -0.25) is 0 Å². The van der Waals surface area contributed by atoms with Crippen molar-refractivity contribution in [2.24, 2.45) is 0 Å². The molecule has 1 nitrogen and oxygen atoms in total. The summed E-state index contributed by atoms with van der Waals surface area (Å²) in [5, 5.41) is 3.26. The predicted octanol–water partition coefficient (Wildman–Crippen LogP) is 3.80. The van der Waals surface area contributed by atoms with Crippen LogP contribution in [0.25, 0.3) is 0 Å². The summed E-state index contributed by atoms with van der Waals surface area (Å²) < 4.78 is 0. The molecule has 0 fully saturated rings. The SMILES string of the molecule is CCCC(CCNC)c1cccc(C)c1C. The second-order valence-electron chi connectivity index (χ2n) is 4.67. The Kier molecular flexibility index (Phi) is 5.54. The van der Waals surface area contributed by atoms with Gasteiger partial charge in [0.15, 0.2) is 0 Å². The maximum atomic E-state index is 3.26. The van der Waals surface area contributed by atoms with Gasteiger partial charge in [-0.05, 0) is 62.9 Å². The van der Waals surface area contributed by atoms with Gasteiger partial charge in [0.05, 0.1) is 0 Å². The monoisotopic (exact) mass is 219 g/mol. The zero-order chi connectivity index (χ0) is 12.0. The Labute approximate surface area is 100 Å². The fourth-order valence-electron chi connectivity index (χ4n) is 2.34. The first kappa shape index (κ1) is 13.2. The number of hydrogen-bond donors (Lipinski definition) is 1. The summed E-state index contributed by atoms with van der Waals surface area (Å²) in [5.74, 6) is 0.720. The second kappa shape index (κ2) is 6.70. The van der Waals surface area contributed by atoms with Crippen molar-refractivity contribution in [3.8, 4) is 0 Å². The Morgan fingerprint density at radius 3 is 2.56 bits per heavy atom. The van der Waals surface area contributed by atoms with Crippen LogP contribution in [0.5, 0.6) is 0 Å². The van der Waals surface area contributed by atoms with Crippen molar-refractivity contribution in [3.05, 3.63) is 34.9 Å². The van der Waals surface area contributed by atoms with Gasteiger partial charge >= 0.3 is 0 Å². The summed E-state index contributed by atoms with van der Waals surface area (Å²) in [7, 11) is 2.03. The minimum absolute atomic E-state index is 0.720.